The molecular weight excluding hydrogens is 398 g/mol. The third-order valence-electron chi connectivity index (χ3n) is 5.11. The maximum atomic E-state index is 12.6. The van der Waals surface area contributed by atoms with Gasteiger partial charge in [0.05, 0.1) is 41.7 Å². The van der Waals surface area contributed by atoms with E-state index >= 15 is 0 Å². The Labute approximate surface area is 179 Å². The van der Waals surface area contributed by atoms with E-state index in [1.807, 2.05) is 36.4 Å². The Morgan fingerprint density at radius 2 is 2.00 bits per heavy atom. The molecule has 0 bridgehead atoms. The summed E-state index contributed by atoms with van der Waals surface area (Å²) in [6, 6.07) is 15.9. The second-order valence-electron chi connectivity index (χ2n) is 7.16. The van der Waals surface area contributed by atoms with Crippen LogP contribution in [0.5, 0.6) is 0 Å². The lowest BCUT2D eigenvalue weighted by Gasteiger charge is -2.14. The summed E-state index contributed by atoms with van der Waals surface area (Å²) in [5.41, 5.74) is 4.78. The third-order valence-corrected chi connectivity index (χ3v) is 6.02. The molecule has 0 aromatic heterocycles. The van der Waals surface area contributed by atoms with Gasteiger partial charge in [-0.1, -0.05) is 48.2 Å². The summed E-state index contributed by atoms with van der Waals surface area (Å²) >= 11 is 1.35. The Kier molecular flexibility index (Phi) is 6.18. The number of benzene rings is 2. The summed E-state index contributed by atoms with van der Waals surface area (Å²) in [5, 5.41) is 7.05. The molecule has 7 heteroatoms. The van der Waals surface area contributed by atoms with E-state index in [1.54, 1.807) is 6.08 Å². The molecule has 1 atom stereocenters. The van der Waals surface area contributed by atoms with Gasteiger partial charge in [0.25, 0.3) is 0 Å². The molecule has 1 amide bonds. The molecular formula is C23H23N3O3S. The molecule has 2 aromatic rings. The molecule has 4 rings (SSSR count). The molecule has 0 saturated carbocycles. The van der Waals surface area contributed by atoms with Crippen molar-refractivity contribution in [2.45, 2.75) is 25.3 Å². The molecule has 154 valence electrons. The van der Waals surface area contributed by atoms with E-state index in [4.69, 9.17) is 4.74 Å². The number of fused-ring (bicyclic) bond motifs is 2. The van der Waals surface area contributed by atoms with Gasteiger partial charge >= 0.3 is 5.97 Å². The first-order valence-corrected chi connectivity index (χ1v) is 10.8. The van der Waals surface area contributed by atoms with Gasteiger partial charge in [0.2, 0.25) is 5.91 Å². The molecule has 1 aliphatic heterocycles. The van der Waals surface area contributed by atoms with Crippen molar-refractivity contribution in [3.63, 3.8) is 0 Å². The van der Waals surface area contributed by atoms with E-state index < -0.39 is 0 Å². The van der Waals surface area contributed by atoms with Crippen LogP contribution in [0.3, 0.4) is 0 Å². The van der Waals surface area contributed by atoms with Gasteiger partial charge in [0, 0.05) is 5.70 Å². The predicted octanol–water partition coefficient (Wildman–Crippen LogP) is 4.13. The van der Waals surface area contributed by atoms with Crippen molar-refractivity contribution >= 4 is 40.1 Å². The number of amides is 1. The standard InChI is InChI=1S/C23H23N3O3S/c1-29-23(28)13-16-12-22(26-20-9-5-4-8-19(20)24-16)30-14-21(27)25-18-11-10-15-6-2-3-7-17(15)18/h2-9,12,18,24H,10-11,13-14H2,1H3,(H,25,27). The molecule has 6 nitrogen and oxygen atoms in total. The van der Waals surface area contributed by atoms with Crippen LogP contribution in [0.25, 0.3) is 0 Å². The number of aliphatic imine (C=N–C) groups is 1. The fraction of sp³-hybridized carbons (Fsp3) is 0.261. The number of ether oxygens (including phenoxy) is 1. The van der Waals surface area contributed by atoms with Gasteiger partial charge in [0.15, 0.2) is 0 Å². The second kappa shape index (κ2) is 9.17. The molecule has 2 aromatic carbocycles. The highest BCUT2D eigenvalue weighted by Gasteiger charge is 2.23. The molecule has 0 fully saturated rings. The quantitative estimate of drug-likeness (QED) is 0.710. The molecule has 1 heterocycles. The first kappa shape index (κ1) is 20.2. The Bertz CT molecular complexity index is 1030. The molecule has 1 unspecified atom stereocenters. The van der Waals surface area contributed by atoms with E-state index in [0.29, 0.717) is 10.7 Å². The summed E-state index contributed by atoms with van der Waals surface area (Å²) in [4.78, 5) is 29.0. The third kappa shape index (κ3) is 4.74. The number of thioether (sulfide) groups is 1. The minimum atomic E-state index is -0.338. The van der Waals surface area contributed by atoms with E-state index in [-0.39, 0.29) is 30.1 Å². The van der Waals surface area contributed by atoms with E-state index in [1.165, 1.54) is 30.0 Å². The van der Waals surface area contributed by atoms with Crippen molar-refractivity contribution in [1.29, 1.82) is 0 Å². The van der Waals surface area contributed by atoms with E-state index in [9.17, 15) is 9.59 Å². The lowest BCUT2D eigenvalue weighted by molar-refractivity contribution is -0.139. The highest BCUT2D eigenvalue weighted by molar-refractivity contribution is 8.14. The van der Waals surface area contributed by atoms with Crippen molar-refractivity contribution in [3.05, 3.63) is 71.4 Å². The fourth-order valence-corrected chi connectivity index (χ4v) is 4.42. The number of hydrogen-bond acceptors (Lipinski definition) is 6. The number of anilines is 1. The van der Waals surface area contributed by atoms with Crippen LogP contribution in [0.4, 0.5) is 11.4 Å². The number of rotatable bonds is 5. The van der Waals surface area contributed by atoms with Crippen LogP contribution in [0.15, 0.2) is 65.3 Å². The molecule has 30 heavy (non-hydrogen) atoms. The van der Waals surface area contributed by atoms with Gasteiger partial charge in [-0.15, -0.1) is 0 Å². The first-order chi connectivity index (χ1) is 14.6. The van der Waals surface area contributed by atoms with Crippen LogP contribution in [0, 0.1) is 0 Å². The number of methoxy groups -OCH3 is 1. The Balaban J connectivity index is 1.44. The summed E-state index contributed by atoms with van der Waals surface area (Å²) in [6.07, 6.45) is 3.83. The van der Waals surface area contributed by atoms with Crippen LogP contribution >= 0.6 is 11.8 Å². The highest BCUT2D eigenvalue weighted by atomic mass is 32.2. The molecule has 2 N–H and O–H groups in total. The number of nitrogens with one attached hydrogen (secondary N) is 2. The average molecular weight is 422 g/mol. The van der Waals surface area contributed by atoms with Crippen LogP contribution in [0.1, 0.15) is 30.0 Å². The Hall–Kier alpha value is -3.06. The molecule has 0 saturated heterocycles. The molecule has 0 spiro atoms. The number of nitrogens with zero attached hydrogens (tertiary/aromatic N) is 1. The van der Waals surface area contributed by atoms with Gasteiger partial charge in [-0.2, -0.15) is 0 Å². The van der Waals surface area contributed by atoms with Crippen LogP contribution in [0.2, 0.25) is 0 Å². The SMILES string of the molecule is COC(=O)CC1=CC(SCC(=O)NC2CCc3ccccc32)=Nc2ccccc2N1. The van der Waals surface area contributed by atoms with Crippen molar-refractivity contribution in [3.8, 4) is 0 Å². The minimum absolute atomic E-state index is 0.0298. The van der Waals surface area contributed by atoms with Gasteiger partial charge < -0.3 is 15.4 Å². The van der Waals surface area contributed by atoms with Crippen molar-refractivity contribution in [2.75, 3.05) is 18.2 Å². The number of esters is 1. The maximum absolute atomic E-state index is 12.6. The number of para-hydroxylation sites is 2. The molecule has 0 radical (unpaired) electrons. The zero-order valence-corrected chi connectivity index (χ0v) is 17.5. The van der Waals surface area contributed by atoms with Crippen molar-refractivity contribution in [1.82, 2.24) is 5.32 Å². The predicted molar refractivity (Wildman–Crippen MR) is 120 cm³/mol. The highest BCUT2D eigenvalue weighted by Crippen LogP contribution is 2.32. The Morgan fingerprint density at radius 3 is 2.87 bits per heavy atom. The fourth-order valence-electron chi connectivity index (χ4n) is 3.67. The lowest BCUT2D eigenvalue weighted by atomic mass is 10.1. The number of aryl methyl sites for hydroxylation is 1. The van der Waals surface area contributed by atoms with Gasteiger partial charge in [-0.3, -0.25) is 9.59 Å². The van der Waals surface area contributed by atoms with Crippen molar-refractivity contribution in [2.24, 2.45) is 4.99 Å². The van der Waals surface area contributed by atoms with Gasteiger partial charge in [-0.05, 0) is 42.2 Å². The smallest absolute Gasteiger partial charge is 0.311 e. The summed E-state index contributed by atoms with van der Waals surface area (Å²) in [5.74, 6) is -0.116. The number of carbonyl (C=O) groups is 2. The Morgan fingerprint density at radius 1 is 1.20 bits per heavy atom. The zero-order valence-electron chi connectivity index (χ0n) is 16.7. The van der Waals surface area contributed by atoms with Crippen molar-refractivity contribution < 1.29 is 14.3 Å². The largest absolute Gasteiger partial charge is 0.469 e. The average Bonchev–Trinajstić information content (AvgIpc) is 3.06. The minimum Gasteiger partial charge on any atom is -0.469 e. The summed E-state index contributed by atoms with van der Waals surface area (Å²) in [7, 11) is 1.36. The van der Waals surface area contributed by atoms with Crippen LogP contribution in [-0.4, -0.2) is 29.8 Å². The van der Waals surface area contributed by atoms with E-state index in [0.717, 1.165) is 24.2 Å². The topological polar surface area (TPSA) is 79.8 Å². The summed E-state index contributed by atoms with van der Waals surface area (Å²) in [6.45, 7) is 0. The summed E-state index contributed by atoms with van der Waals surface area (Å²) < 4.78 is 4.79. The maximum Gasteiger partial charge on any atom is 0.311 e. The molecule has 1 aliphatic carbocycles. The normalized spacial score (nSPS) is 16.9. The lowest BCUT2D eigenvalue weighted by Crippen LogP contribution is -2.29. The first-order valence-electron chi connectivity index (χ1n) is 9.84. The number of hydrogen-bond donors (Lipinski definition) is 2. The number of carbonyl (C=O) groups excluding carboxylic acids is 2. The second-order valence-corrected chi connectivity index (χ2v) is 8.16. The van der Waals surface area contributed by atoms with E-state index in [2.05, 4.69) is 27.8 Å². The van der Waals surface area contributed by atoms with Crippen LogP contribution in [-0.2, 0) is 20.7 Å². The van der Waals surface area contributed by atoms with Gasteiger partial charge in [0.1, 0.15) is 0 Å². The van der Waals surface area contributed by atoms with Crippen LogP contribution < -0.4 is 10.6 Å². The van der Waals surface area contributed by atoms with Gasteiger partial charge in [-0.25, -0.2) is 4.99 Å². The zero-order chi connectivity index (χ0) is 20.9. The molecule has 2 aliphatic rings. The monoisotopic (exact) mass is 421 g/mol.